The van der Waals surface area contributed by atoms with Crippen molar-refractivity contribution >= 4 is 22.8 Å². The molecule has 0 saturated carbocycles. The van der Waals surface area contributed by atoms with Crippen LogP contribution in [0.5, 0.6) is 0 Å². The molecule has 3 aromatic rings. The summed E-state index contributed by atoms with van der Waals surface area (Å²) >= 11 is 0. The van der Waals surface area contributed by atoms with Gasteiger partial charge in [-0.15, -0.1) is 0 Å². The minimum absolute atomic E-state index is 0.0499. The summed E-state index contributed by atoms with van der Waals surface area (Å²) < 4.78 is 10.5. The summed E-state index contributed by atoms with van der Waals surface area (Å²) in [6, 6.07) is 17.0. The van der Waals surface area contributed by atoms with E-state index in [-0.39, 0.29) is 18.4 Å². The van der Waals surface area contributed by atoms with Gasteiger partial charge in [0.25, 0.3) is 5.91 Å². The van der Waals surface area contributed by atoms with E-state index in [1.165, 1.54) is 0 Å². The monoisotopic (exact) mass is 380 g/mol. The van der Waals surface area contributed by atoms with E-state index in [4.69, 9.17) is 9.26 Å². The van der Waals surface area contributed by atoms with E-state index in [1.807, 2.05) is 48.5 Å². The normalized spacial score (nSPS) is 13.1. The van der Waals surface area contributed by atoms with E-state index in [0.29, 0.717) is 11.3 Å². The Bertz CT molecular complexity index is 936. The summed E-state index contributed by atoms with van der Waals surface area (Å²) in [6.45, 7) is 3.63. The summed E-state index contributed by atoms with van der Waals surface area (Å²) in [5.74, 6) is -0.839. The number of hydrogen-bond acceptors (Lipinski definition) is 5. The lowest BCUT2D eigenvalue weighted by Gasteiger charge is -2.21. The molecular formula is C22H24N2O4. The van der Waals surface area contributed by atoms with Gasteiger partial charge < -0.3 is 14.6 Å². The molecule has 2 atom stereocenters. The number of ether oxygens (including phenoxy) is 1. The summed E-state index contributed by atoms with van der Waals surface area (Å²) in [4.78, 5) is 24.8. The molecule has 0 saturated heterocycles. The standard InChI is InChI=1S/C22H24N2O4/c1-3-9-18(16-10-5-4-6-11-16)23-22(26)15(2)27-21(25)14-19-17-12-7-8-13-20(17)28-24-19/h4-8,10-13,15,18H,3,9,14H2,1-2H3,(H,23,26)/t15-,18+/m1/s1. The lowest BCUT2D eigenvalue weighted by molar-refractivity contribution is -0.154. The third-order valence-corrected chi connectivity index (χ3v) is 4.54. The second-order valence-electron chi connectivity index (χ2n) is 6.69. The first kappa shape index (κ1) is 19.6. The van der Waals surface area contributed by atoms with E-state index >= 15 is 0 Å². The topological polar surface area (TPSA) is 81.4 Å². The number of nitrogens with zero attached hydrogens (tertiary/aromatic N) is 1. The summed E-state index contributed by atoms with van der Waals surface area (Å²) in [5, 5.41) is 7.67. The first-order valence-electron chi connectivity index (χ1n) is 9.46. The van der Waals surface area contributed by atoms with Crippen LogP contribution in [0.3, 0.4) is 0 Å². The molecular weight excluding hydrogens is 356 g/mol. The maximum Gasteiger partial charge on any atom is 0.312 e. The van der Waals surface area contributed by atoms with Gasteiger partial charge in [0.1, 0.15) is 5.69 Å². The molecule has 0 spiro atoms. The Balaban J connectivity index is 1.59. The first-order valence-corrected chi connectivity index (χ1v) is 9.46. The molecule has 0 fully saturated rings. The van der Waals surface area contributed by atoms with Gasteiger partial charge in [0.2, 0.25) is 0 Å². The van der Waals surface area contributed by atoms with E-state index in [2.05, 4.69) is 17.4 Å². The van der Waals surface area contributed by atoms with Gasteiger partial charge in [-0.1, -0.05) is 61.0 Å². The number of nitrogens with one attached hydrogen (secondary N) is 1. The molecule has 1 N–H and O–H groups in total. The Morgan fingerprint density at radius 3 is 2.57 bits per heavy atom. The number of rotatable bonds is 8. The highest BCUT2D eigenvalue weighted by molar-refractivity contribution is 5.86. The minimum Gasteiger partial charge on any atom is -0.452 e. The first-order chi connectivity index (χ1) is 13.6. The van der Waals surface area contributed by atoms with Crippen molar-refractivity contribution in [2.24, 2.45) is 0 Å². The Kier molecular flexibility index (Phi) is 6.42. The quantitative estimate of drug-likeness (QED) is 0.598. The number of carbonyl (C=O) groups is 2. The third-order valence-electron chi connectivity index (χ3n) is 4.54. The number of fused-ring (bicyclic) bond motifs is 1. The van der Waals surface area contributed by atoms with Gasteiger partial charge >= 0.3 is 5.97 Å². The molecule has 146 valence electrons. The summed E-state index contributed by atoms with van der Waals surface area (Å²) in [7, 11) is 0. The maximum absolute atomic E-state index is 12.5. The van der Waals surface area contributed by atoms with Gasteiger partial charge in [0.15, 0.2) is 11.7 Å². The zero-order chi connectivity index (χ0) is 19.9. The highest BCUT2D eigenvalue weighted by Gasteiger charge is 2.22. The molecule has 0 unspecified atom stereocenters. The second kappa shape index (κ2) is 9.17. The van der Waals surface area contributed by atoms with Crippen LogP contribution in [0.2, 0.25) is 0 Å². The van der Waals surface area contributed by atoms with Crippen LogP contribution < -0.4 is 5.32 Å². The highest BCUT2D eigenvalue weighted by atomic mass is 16.5. The molecule has 0 aliphatic heterocycles. The fourth-order valence-electron chi connectivity index (χ4n) is 3.08. The number of para-hydroxylation sites is 1. The molecule has 1 heterocycles. The van der Waals surface area contributed by atoms with Crippen molar-refractivity contribution in [3.8, 4) is 0 Å². The molecule has 6 nitrogen and oxygen atoms in total. The average Bonchev–Trinajstić information content (AvgIpc) is 3.11. The van der Waals surface area contributed by atoms with Crippen molar-refractivity contribution in [1.82, 2.24) is 10.5 Å². The molecule has 28 heavy (non-hydrogen) atoms. The SMILES string of the molecule is CCC[C@H](NC(=O)[C@@H](C)OC(=O)Cc1noc2ccccc12)c1ccccc1. The number of esters is 1. The molecule has 0 bridgehead atoms. The van der Waals surface area contributed by atoms with Crippen LogP contribution in [0.15, 0.2) is 59.1 Å². The van der Waals surface area contributed by atoms with E-state index in [9.17, 15) is 9.59 Å². The van der Waals surface area contributed by atoms with Gasteiger partial charge in [-0.25, -0.2) is 0 Å². The molecule has 0 radical (unpaired) electrons. The fourth-order valence-corrected chi connectivity index (χ4v) is 3.08. The van der Waals surface area contributed by atoms with Crippen LogP contribution in [-0.4, -0.2) is 23.1 Å². The van der Waals surface area contributed by atoms with Crippen LogP contribution in [0.1, 0.15) is 44.0 Å². The molecule has 0 aliphatic carbocycles. The number of benzene rings is 2. The highest BCUT2D eigenvalue weighted by Crippen LogP contribution is 2.20. The fraction of sp³-hybridized carbons (Fsp3) is 0.318. The molecule has 3 rings (SSSR count). The average molecular weight is 380 g/mol. The van der Waals surface area contributed by atoms with Gasteiger partial charge in [-0.05, 0) is 31.0 Å². The van der Waals surface area contributed by atoms with Crippen molar-refractivity contribution < 1.29 is 18.8 Å². The largest absolute Gasteiger partial charge is 0.452 e. The summed E-state index contributed by atoms with van der Waals surface area (Å²) in [6.07, 6.45) is 0.786. The molecule has 1 amide bonds. The molecule has 6 heteroatoms. The molecule has 2 aromatic carbocycles. The van der Waals surface area contributed by atoms with Gasteiger partial charge in [0.05, 0.1) is 12.5 Å². The Labute approximate surface area is 163 Å². The van der Waals surface area contributed by atoms with Crippen LogP contribution >= 0.6 is 0 Å². The van der Waals surface area contributed by atoms with Crippen molar-refractivity contribution in [3.05, 3.63) is 65.9 Å². The van der Waals surface area contributed by atoms with Gasteiger partial charge in [-0.3, -0.25) is 9.59 Å². The maximum atomic E-state index is 12.5. The lowest BCUT2D eigenvalue weighted by Crippen LogP contribution is -2.38. The Hall–Kier alpha value is -3.15. The van der Waals surface area contributed by atoms with Crippen molar-refractivity contribution in [1.29, 1.82) is 0 Å². The predicted octanol–water partition coefficient (Wildman–Crippen LogP) is 3.96. The summed E-state index contributed by atoms with van der Waals surface area (Å²) in [5.41, 5.74) is 2.15. The van der Waals surface area contributed by atoms with Crippen LogP contribution in [0.4, 0.5) is 0 Å². The minimum atomic E-state index is -0.895. The van der Waals surface area contributed by atoms with Gasteiger partial charge in [-0.2, -0.15) is 0 Å². The predicted molar refractivity (Wildman–Crippen MR) is 106 cm³/mol. The van der Waals surface area contributed by atoms with Crippen molar-refractivity contribution in [3.63, 3.8) is 0 Å². The Morgan fingerprint density at radius 2 is 1.82 bits per heavy atom. The van der Waals surface area contributed by atoms with E-state index in [0.717, 1.165) is 23.8 Å². The van der Waals surface area contributed by atoms with Crippen LogP contribution in [0, 0.1) is 0 Å². The van der Waals surface area contributed by atoms with Gasteiger partial charge in [0, 0.05) is 5.39 Å². The zero-order valence-corrected chi connectivity index (χ0v) is 16.1. The van der Waals surface area contributed by atoms with Crippen molar-refractivity contribution in [2.75, 3.05) is 0 Å². The molecule has 1 aromatic heterocycles. The third kappa shape index (κ3) is 4.76. The number of carbonyl (C=O) groups excluding carboxylic acids is 2. The van der Waals surface area contributed by atoms with E-state index < -0.39 is 12.1 Å². The second-order valence-corrected chi connectivity index (χ2v) is 6.69. The lowest BCUT2D eigenvalue weighted by atomic mass is 10.0. The van der Waals surface area contributed by atoms with Crippen molar-refractivity contribution in [2.45, 2.75) is 45.3 Å². The zero-order valence-electron chi connectivity index (χ0n) is 16.1. The Morgan fingerprint density at radius 1 is 1.11 bits per heavy atom. The number of aromatic nitrogens is 1. The van der Waals surface area contributed by atoms with Crippen LogP contribution in [-0.2, 0) is 20.7 Å². The van der Waals surface area contributed by atoms with E-state index in [1.54, 1.807) is 13.0 Å². The molecule has 0 aliphatic rings. The van der Waals surface area contributed by atoms with Crippen LogP contribution in [0.25, 0.3) is 11.0 Å². The number of hydrogen-bond donors (Lipinski definition) is 1. The smallest absolute Gasteiger partial charge is 0.312 e. The number of amides is 1.